The van der Waals surface area contributed by atoms with E-state index in [1.165, 1.54) is 18.6 Å². The second-order valence-electron chi connectivity index (χ2n) is 5.54. The predicted octanol–water partition coefficient (Wildman–Crippen LogP) is 1.58. The Labute approximate surface area is 121 Å². The van der Waals surface area contributed by atoms with Crippen molar-refractivity contribution in [1.29, 1.82) is 0 Å². The van der Waals surface area contributed by atoms with Crippen molar-refractivity contribution in [3.63, 3.8) is 0 Å². The average Bonchev–Trinajstić information content (AvgIpc) is 2.93. The minimum atomic E-state index is -1.27. The van der Waals surface area contributed by atoms with Gasteiger partial charge < -0.3 is 10.0 Å². The molecule has 1 aromatic carbocycles. The molecule has 0 saturated carbocycles. The number of carboxylic acids is 1. The van der Waals surface area contributed by atoms with Crippen LogP contribution >= 0.6 is 0 Å². The van der Waals surface area contributed by atoms with E-state index in [2.05, 4.69) is 9.80 Å². The van der Waals surface area contributed by atoms with E-state index in [-0.39, 0.29) is 11.3 Å². The lowest BCUT2D eigenvalue weighted by Crippen LogP contribution is -2.50. The molecule has 2 saturated heterocycles. The molecule has 0 radical (unpaired) electrons. The molecule has 2 aliphatic heterocycles. The van der Waals surface area contributed by atoms with Crippen molar-refractivity contribution >= 4 is 17.3 Å². The molecule has 2 heterocycles. The number of fused-ring (bicyclic) bond motifs is 1. The van der Waals surface area contributed by atoms with Gasteiger partial charge in [0.15, 0.2) is 0 Å². The maximum atomic E-state index is 11.1. The lowest BCUT2D eigenvalue weighted by Gasteiger charge is -2.38. The van der Waals surface area contributed by atoms with Gasteiger partial charge in [-0.15, -0.1) is 0 Å². The summed E-state index contributed by atoms with van der Waals surface area (Å²) in [7, 11) is 0. The summed E-state index contributed by atoms with van der Waals surface area (Å²) in [4.78, 5) is 26.0. The topological polar surface area (TPSA) is 86.9 Å². The van der Waals surface area contributed by atoms with E-state index in [1.807, 2.05) is 0 Å². The molecule has 0 bridgehead atoms. The summed E-state index contributed by atoms with van der Waals surface area (Å²) in [5, 5.41) is 20.1. The number of nitro groups is 1. The van der Waals surface area contributed by atoms with E-state index in [9.17, 15) is 14.9 Å². The van der Waals surface area contributed by atoms with Crippen LogP contribution < -0.4 is 4.90 Å². The van der Waals surface area contributed by atoms with Gasteiger partial charge in [-0.2, -0.15) is 0 Å². The summed E-state index contributed by atoms with van der Waals surface area (Å²) in [5.41, 5.74) is 0.135. The maximum Gasteiger partial charge on any atom is 0.342 e. The molecule has 21 heavy (non-hydrogen) atoms. The fraction of sp³-hybridized carbons (Fsp3) is 0.500. The zero-order chi connectivity index (χ0) is 15.0. The third-order valence-corrected chi connectivity index (χ3v) is 4.36. The Bertz CT molecular complexity index is 590. The first kappa shape index (κ1) is 13.8. The van der Waals surface area contributed by atoms with Crippen LogP contribution in [0, 0.1) is 10.1 Å². The van der Waals surface area contributed by atoms with Gasteiger partial charge in [0.05, 0.1) is 4.92 Å². The summed E-state index contributed by atoms with van der Waals surface area (Å²) in [5.74, 6) is -1.27. The largest absolute Gasteiger partial charge is 0.477 e. The van der Waals surface area contributed by atoms with Gasteiger partial charge in [-0.05, 0) is 31.5 Å². The number of anilines is 1. The van der Waals surface area contributed by atoms with Gasteiger partial charge in [-0.3, -0.25) is 15.0 Å². The minimum Gasteiger partial charge on any atom is -0.477 e. The van der Waals surface area contributed by atoms with Gasteiger partial charge in [-0.25, -0.2) is 4.79 Å². The number of aromatic carboxylic acids is 1. The van der Waals surface area contributed by atoms with Crippen LogP contribution in [-0.2, 0) is 0 Å². The Morgan fingerprint density at radius 1 is 1.33 bits per heavy atom. The molecule has 1 unspecified atom stereocenters. The molecule has 3 rings (SSSR count). The standard InChI is InChI=1S/C14H17N3O4/c18-14(19)12-4-3-10(8-13(12)17(20)21)16-7-6-15-5-1-2-11(15)9-16/h3-4,8,11H,1-2,5-7,9H2,(H,18,19). The number of hydrogen-bond donors (Lipinski definition) is 1. The van der Waals surface area contributed by atoms with Crippen LogP contribution in [0.25, 0.3) is 0 Å². The van der Waals surface area contributed by atoms with Crippen LogP contribution in [0.2, 0.25) is 0 Å². The molecule has 2 fully saturated rings. The fourth-order valence-corrected chi connectivity index (χ4v) is 3.27. The van der Waals surface area contributed by atoms with Gasteiger partial charge >= 0.3 is 5.97 Å². The zero-order valence-electron chi connectivity index (χ0n) is 11.6. The van der Waals surface area contributed by atoms with Crippen molar-refractivity contribution < 1.29 is 14.8 Å². The molecule has 0 amide bonds. The van der Waals surface area contributed by atoms with Crippen molar-refractivity contribution in [2.75, 3.05) is 31.1 Å². The summed E-state index contributed by atoms with van der Waals surface area (Å²) in [6.07, 6.45) is 2.36. The van der Waals surface area contributed by atoms with E-state index in [0.717, 1.165) is 38.3 Å². The predicted molar refractivity (Wildman–Crippen MR) is 76.9 cm³/mol. The Balaban J connectivity index is 1.87. The monoisotopic (exact) mass is 291 g/mol. The molecule has 1 atom stereocenters. The van der Waals surface area contributed by atoms with Crippen molar-refractivity contribution in [3.05, 3.63) is 33.9 Å². The first-order valence-corrected chi connectivity index (χ1v) is 7.07. The number of nitro benzene ring substituents is 1. The van der Waals surface area contributed by atoms with Gasteiger partial charge in [0.2, 0.25) is 0 Å². The number of carbonyl (C=O) groups is 1. The number of piperazine rings is 1. The van der Waals surface area contributed by atoms with Gasteiger partial charge in [0.25, 0.3) is 5.69 Å². The highest BCUT2D eigenvalue weighted by atomic mass is 16.6. The van der Waals surface area contributed by atoms with Crippen LogP contribution in [0.5, 0.6) is 0 Å². The maximum absolute atomic E-state index is 11.1. The summed E-state index contributed by atoms with van der Waals surface area (Å²) in [6.45, 7) is 3.76. The summed E-state index contributed by atoms with van der Waals surface area (Å²) in [6, 6.07) is 4.89. The third-order valence-electron chi connectivity index (χ3n) is 4.36. The number of nitrogens with zero attached hydrogens (tertiary/aromatic N) is 3. The van der Waals surface area contributed by atoms with E-state index in [0.29, 0.717) is 6.04 Å². The zero-order valence-corrected chi connectivity index (χ0v) is 11.6. The van der Waals surface area contributed by atoms with Crippen molar-refractivity contribution in [2.24, 2.45) is 0 Å². The van der Waals surface area contributed by atoms with Crippen LogP contribution in [0.3, 0.4) is 0 Å². The quantitative estimate of drug-likeness (QED) is 0.672. The van der Waals surface area contributed by atoms with Crippen LogP contribution in [0.1, 0.15) is 23.2 Å². The minimum absolute atomic E-state index is 0.261. The van der Waals surface area contributed by atoms with Crippen molar-refractivity contribution in [1.82, 2.24) is 4.90 Å². The smallest absolute Gasteiger partial charge is 0.342 e. The Morgan fingerprint density at radius 2 is 2.14 bits per heavy atom. The third kappa shape index (κ3) is 2.56. The fourth-order valence-electron chi connectivity index (χ4n) is 3.27. The normalized spacial score (nSPS) is 22.1. The number of rotatable bonds is 3. The Kier molecular flexibility index (Phi) is 3.50. The molecule has 0 aromatic heterocycles. The van der Waals surface area contributed by atoms with Gasteiger partial charge in [-0.1, -0.05) is 0 Å². The van der Waals surface area contributed by atoms with E-state index in [4.69, 9.17) is 5.11 Å². The molecular weight excluding hydrogens is 274 g/mol. The molecule has 1 aromatic rings. The molecule has 2 aliphatic rings. The second kappa shape index (κ2) is 5.33. The highest BCUT2D eigenvalue weighted by Crippen LogP contribution is 2.29. The van der Waals surface area contributed by atoms with E-state index >= 15 is 0 Å². The second-order valence-corrected chi connectivity index (χ2v) is 5.54. The summed E-state index contributed by atoms with van der Waals surface area (Å²) >= 11 is 0. The van der Waals surface area contributed by atoms with Gasteiger partial charge in [0, 0.05) is 37.4 Å². The molecule has 0 aliphatic carbocycles. The highest BCUT2D eigenvalue weighted by Gasteiger charge is 2.31. The summed E-state index contributed by atoms with van der Waals surface area (Å²) < 4.78 is 0. The lowest BCUT2D eigenvalue weighted by atomic mass is 10.1. The van der Waals surface area contributed by atoms with E-state index in [1.54, 1.807) is 6.07 Å². The number of carboxylic acid groups (broad SMARTS) is 1. The molecule has 7 heteroatoms. The lowest BCUT2D eigenvalue weighted by molar-refractivity contribution is -0.385. The van der Waals surface area contributed by atoms with Crippen LogP contribution in [0.4, 0.5) is 11.4 Å². The Morgan fingerprint density at radius 3 is 2.86 bits per heavy atom. The van der Waals surface area contributed by atoms with E-state index < -0.39 is 10.9 Å². The first-order chi connectivity index (χ1) is 10.1. The number of hydrogen-bond acceptors (Lipinski definition) is 5. The first-order valence-electron chi connectivity index (χ1n) is 7.07. The molecule has 7 nitrogen and oxygen atoms in total. The SMILES string of the molecule is O=C(O)c1ccc(N2CCN3CCCC3C2)cc1[N+](=O)[O-]. The van der Waals surface area contributed by atoms with Crippen molar-refractivity contribution in [2.45, 2.75) is 18.9 Å². The molecule has 0 spiro atoms. The molecule has 1 N–H and O–H groups in total. The van der Waals surface area contributed by atoms with Crippen molar-refractivity contribution in [3.8, 4) is 0 Å². The Hall–Kier alpha value is -2.15. The van der Waals surface area contributed by atoms with Crippen LogP contribution in [0.15, 0.2) is 18.2 Å². The average molecular weight is 291 g/mol. The van der Waals surface area contributed by atoms with Gasteiger partial charge in [0.1, 0.15) is 5.56 Å². The highest BCUT2D eigenvalue weighted by molar-refractivity contribution is 5.93. The number of benzene rings is 1. The molecule has 112 valence electrons. The molecular formula is C14H17N3O4. The van der Waals surface area contributed by atoms with Crippen LogP contribution in [-0.4, -0.2) is 53.1 Å².